The molecule has 1 saturated carbocycles. The van der Waals surface area contributed by atoms with Gasteiger partial charge in [-0.3, -0.25) is 10.5 Å². The molecule has 0 saturated heterocycles. The minimum Gasteiger partial charge on any atom is -0.391 e. The second-order valence-corrected chi connectivity index (χ2v) is 5.18. The summed E-state index contributed by atoms with van der Waals surface area (Å²) >= 11 is 0. The van der Waals surface area contributed by atoms with Gasteiger partial charge in [0, 0.05) is 7.05 Å². The number of nitrogens with one attached hydrogen (secondary N) is 2. The number of aromatic nitrogens is 4. The number of hydrazine groups is 1. The van der Waals surface area contributed by atoms with Crippen molar-refractivity contribution < 1.29 is 5.11 Å². The number of nitrogen functional groups attached to an aromatic ring is 1. The molecule has 0 bridgehead atoms. The maximum Gasteiger partial charge on any atom is 0.241 e. The lowest BCUT2D eigenvalue weighted by Gasteiger charge is -2.36. The molecule has 0 aromatic carbocycles. The average molecular weight is 277 g/mol. The molecule has 0 spiro atoms. The Labute approximate surface area is 116 Å². The van der Waals surface area contributed by atoms with E-state index in [-0.39, 0.29) is 12.1 Å². The normalized spacial score (nSPS) is 22.9. The van der Waals surface area contributed by atoms with Crippen LogP contribution in [0.4, 0.5) is 11.8 Å². The van der Waals surface area contributed by atoms with Gasteiger partial charge in [-0.1, -0.05) is 12.8 Å². The second kappa shape index (κ2) is 5.22. The lowest BCUT2D eigenvalue weighted by atomic mass is 9.91. The highest BCUT2D eigenvalue weighted by Gasteiger charge is 2.28. The number of aliphatic hydroxyl groups excluding tert-OH is 1. The lowest BCUT2D eigenvalue weighted by molar-refractivity contribution is 0.106. The van der Waals surface area contributed by atoms with E-state index in [1.54, 1.807) is 6.20 Å². The molecule has 0 radical (unpaired) electrons. The van der Waals surface area contributed by atoms with Crippen LogP contribution in [0.15, 0.2) is 6.20 Å². The Morgan fingerprint density at radius 1 is 1.40 bits per heavy atom. The summed E-state index contributed by atoms with van der Waals surface area (Å²) < 4.78 is 0. The molecule has 20 heavy (non-hydrogen) atoms. The molecule has 0 aliphatic heterocycles. The standard InChI is InChI=1S/C12H19N7O/c1-19(8-4-2-3-5-9(8)20)11-7-6-14-18-10(7)15-12(16-11)17-13/h6,8-9,20H,2-5,13H2,1H3,(H2,14,15,16,17,18). The zero-order chi connectivity index (χ0) is 14.1. The number of aromatic amines is 1. The molecule has 2 atom stereocenters. The van der Waals surface area contributed by atoms with Gasteiger partial charge in [0.2, 0.25) is 5.95 Å². The van der Waals surface area contributed by atoms with Gasteiger partial charge >= 0.3 is 0 Å². The molecule has 1 aliphatic rings. The van der Waals surface area contributed by atoms with Crippen molar-refractivity contribution in [1.29, 1.82) is 0 Å². The average Bonchev–Trinajstić information content (AvgIpc) is 2.94. The SMILES string of the molecule is CN(c1nc(NN)nc2[nH]ncc12)C1CCCCC1O. The first-order valence-corrected chi connectivity index (χ1v) is 6.79. The summed E-state index contributed by atoms with van der Waals surface area (Å²) in [6.07, 6.45) is 5.33. The number of hydrogen-bond acceptors (Lipinski definition) is 7. The monoisotopic (exact) mass is 277 g/mol. The largest absolute Gasteiger partial charge is 0.391 e. The number of rotatable bonds is 3. The fourth-order valence-corrected chi connectivity index (χ4v) is 2.85. The molecule has 2 aromatic heterocycles. The number of aliphatic hydroxyl groups is 1. The maximum absolute atomic E-state index is 10.2. The van der Waals surface area contributed by atoms with E-state index >= 15 is 0 Å². The fraction of sp³-hybridized carbons (Fsp3) is 0.583. The Kier molecular flexibility index (Phi) is 3.41. The maximum atomic E-state index is 10.2. The van der Waals surface area contributed by atoms with Crippen molar-refractivity contribution >= 4 is 22.8 Å². The van der Waals surface area contributed by atoms with Crippen molar-refractivity contribution in [3.05, 3.63) is 6.20 Å². The molecule has 2 unspecified atom stereocenters. The number of H-pyrrole nitrogens is 1. The summed E-state index contributed by atoms with van der Waals surface area (Å²) in [5.74, 6) is 6.46. The zero-order valence-corrected chi connectivity index (χ0v) is 11.4. The van der Waals surface area contributed by atoms with Gasteiger partial charge in [-0.25, -0.2) is 5.84 Å². The van der Waals surface area contributed by atoms with Crippen molar-refractivity contribution in [2.24, 2.45) is 5.84 Å². The Bertz CT molecular complexity index is 599. The number of fused-ring (bicyclic) bond motifs is 1. The van der Waals surface area contributed by atoms with Gasteiger partial charge in [0.1, 0.15) is 5.82 Å². The molecule has 8 heteroatoms. The number of hydrogen-bond donors (Lipinski definition) is 4. The Balaban J connectivity index is 2.01. The molecule has 2 heterocycles. The molecule has 5 N–H and O–H groups in total. The van der Waals surface area contributed by atoms with E-state index < -0.39 is 0 Å². The topological polar surface area (TPSA) is 116 Å². The molecule has 2 aromatic rings. The first kappa shape index (κ1) is 13.1. The molecule has 1 fully saturated rings. The highest BCUT2D eigenvalue weighted by atomic mass is 16.3. The third kappa shape index (κ3) is 2.16. The van der Waals surface area contributed by atoms with E-state index in [0.29, 0.717) is 11.6 Å². The molecule has 1 aliphatic carbocycles. The van der Waals surface area contributed by atoms with E-state index in [0.717, 1.165) is 36.9 Å². The predicted molar refractivity (Wildman–Crippen MR) is 76.2 cm³/mol. The van der Waals surface area contributed by atoms with Gasteiger partial charge < -0.3 is 10.0 Å². The Hall–Kier alpha value is -1.93. The van der Waals surface area contributed by atoms with E-state index in [2.05, 4.69) is 25.6 Å². The molecule has 8 nitrogen and oxygen atoms in total. The third-order valence-corrected chi connectivity index (χ3v) is 3.94. The van der Waals surface area contributed by atoms with E-state index in [9.17, 15) is 5.11 Å². The van der Waals surface area contributed by atoms with Crippen molar-refractivity contribution in [3.63, 3.8) is 0 Å². The quantitative estimate of drug-likeness (QED) is 0.473. The van der Waals surface area contributed by atoms with Crippen LogP contribution in [0.25, 0.3) is 11.0 Å². The molecule has 3 rings (SSSR count). The predicted octanol–water partition coefficient (Wildman–Crippen LogP) is 0.378. The van der Waals surface area contributed by atoms with Gasteiger partial charge in [-0.05, 0) is 12.8 Å². The van der Waals surface area contributed by atoms with Crippen LogP contribution in [0.1, 0.15) is 25.7 Å². The first-order valence-electron chi connectivity index (χ1n) is 6.79. The molecular formula is C12H19N7O. The van der Waals surface area contributed by atoms with Gasteiger partial charge in [0.05, 0.1) is 23.7 Å². The van der Waals surface area contributed by atoms with Crippen molar-refractivity contribution in [2.75, 3.05) is 17.4 Å². The van der Waals surface area contributed by atoms with Crippen LogP contribution in [-0.2, 0) is 0 Å². The number of nitrogens with two attached hydrogens (primary N) is 1. The minimum absolute atomic E-state index is 0.0578. The summed E-state index contributed by atoms with van der Waals surface area (Å²) in [4.78, 5) is 10.6. The van der Waals surface area contributed by atoms with Gasteiger partial charge in [0.25, 0.3) is 0 Å². The lowest BCUT2D eigenvalue weighted by Crippen LogP contribution is -2.44. The van der Waals surface area contributed by atoms with Crippen molar-refractivity contribution in [3.8, 4) is 0 Å². The number of anilines is 2. The van der Waals surface area contributed by atoms with Crippen molar-refractivity contribution in [2.45, 2.75) is 37.8 Å². The summed E-state index contributed by atoms with van der Waals surface area (Å²) in [6.45, 7) is 0. The highest BCUT2D eigenvalue weighted by Crippen LogP contribution is 2.29. The van der Waals surface area contributed by atoms with Crippen LogP contribution >= 0.6 is 0 Å². The summed E-state index contributed by atoms with van der Waals surface area (Å²) in [6, 6.07) is 0.0578. The van der Waals surface area contributed by atoms with Crippen LogP contribution in [0.2, 0.25) is 0 Å². The van der Waals surface area contributed by atoms with E-state index in [1.165, 1.54) is 0 Å². The summed E-state index contributed by atoms with van der Waals surface area (Å²) in [5, 5.41) is 17.8. The van der Waals surface area contributed by atoms with Gasteiger partial charge in [0.15, 0.2) is 5.65 Å². The molecular weight excluding hydrogens is 258 g/mol. The van der Waals surface area contributed by atoms with Crippen LogP contribution in [0.3, 0.4) is 0 Å². The smallest absolute Gasteiger partial charge is 0.241 e. The Morgan fingerprint density at radius 2 is 2.20 bits per heavy atom. The number of nitrogens with zero attached hydrogens (tertiary/aromatic N) is 4. The molecule has 0 amide bonds. The molecule has 108 valence electrons. The van der Waals surface area contributed by atoms with Crippen LogP contribution < -0.4 is 16.2 Å². The van der Waals surface area contributed by atoms with E-state index in [1.807, 2.05) is 11.9 Å². The second-order valence-electron chi connectivity index (χ2n) is 5.18. The number of likely N-dealkylation sites (N-methyl/N-ethyl adjacent to an activating group) is 1. The van der Waals surface area contributed by atoms with Crippen LogP contribution in [0, 0.1) is 0 Å². The van der Waals surface area contributed by atoms with Crippen LogP contribution in [-0.4, -0.2) is 44.5 Å². The fourth-order valence-electron chi connectivity index (χ4n) is 2.85. The zero-order valence-electron chi connectivity index (χ0n) is 11.4. The highest BCUT2D eigenvalue weighted by molar-refractivity contribution is 5.87. The van der Waals surface area contributed by atoms with E-state index in [4.69, 9.17) is 5.84 Å². The van der Waals surface area contributed by atoms with Crippen LogP contribution in [0.5, 0.6) is 0 Å². The summed E-state index contributed by atoms with van der Waals surface area (Å²) in [7, 11) is 1.94. The first-order chi connectivity index (χ1) is 9.70. The minimum atomic E-state index is -0.333. The third-order valence-electron chi connectivity index (χ3n) is 3.94. The van der Waals surface area contributed by atoms with Crippen molar-refractivity contribution in [1.82, 2.24) is 20.2 Å². The Morgan fingerprint density at radius 3 is 2.95 bits per heavy atom. The van der Waals surface area contributed by atoms with Gasteiger partial charge in [-0.2, -0.15) is 15.1 Å². The summed E-state index contributed by atoms with van der Waals surface area (Å²) in [5.41, 5.74) is 3.08. The van der Waals surface area contributed by atoms with Gasteiger partial charge in [-0.15, -0.1) is 0 Å².